The molecule has 11 heteroatoms. The molecule has 1 aromatic carbocycles. The maximum absolute atomic E-state index is 12.9. The van der Waals surface area contributed by atoms with E-state index in [1.54, 1.807) is 20.0 Å². The van der Waals surface area contributed by atoms with Crippen LogP contribution in [-0.2, 0) is 25.6 Å². The van der Waals surface area contributed by atoms with Gasteiger partial charge in [0.15, 0.2) is 6.04 Å². The van der Waals surface area contributed by atoms with Crippen molar-refractivity contribution < 1.29 is 29.4 Å². The predicted molar refractivity (Wildman–Crippen MR) is 121 cm³/mol. The summed E-state index contributed by atoms with van der Waals surface area (Å²) in [5.74, 6) is -3.50. The number of nitrogens with one attached hydrogen (secondary N) is 4. The topological polar surface area (TPSA) is 187 Å². The van der Waals surface area contributed by atoms with Crippen LogP contribution in [0.2, 0.25) is 0 Å². The third kappa shape index (κ3) is 7.02. The van der Waals surface area contributed by atoms with Gasteiger partial charge in [-0.2, -0.15) is 0 Å². The highest BCUT2D eigenvalue weighted by Crippen LogP contribution is 2.19. The zero-order chi connectivity index (χ0) is 24.7. The van der Waals surface area contributed by atoms with E-state index in [0.29, 0.717) is 0 Å². The van der Waals surface area contributed by atoms with Crippen LogP contribution in [0.25, 0.3) is 10.9 Å². The second kappa shape index (κ2) is 11.4. The van der Waals surface area contributed by atoms with Gasteiger partial charge in [-0.15, -0.1) is 0 Å². The van der Waals surface area contributed by atoms with E-state index in [9.17, 15) is 24.3 Å². The molecule has 0 saturated heterocycles. The number of aliphatic carboxylic acids is 1. The number of para-hydroxylation sites is 1. The molecule has 0 saturated carbocycles. The van der Waals surface area contributed by atoms with Gasteiger partial charge in [-0.25, -0.2) is 4.79 Å². The summed E-state index contributed by atoms with van der Waals surface area (Å²) < 4.78 is 0. The number of hydrogen-bond donors (Lipinski definition) is 7. The molecule has 0 spiro atoms. The Kier molecular flexibility index (Phi) is 8.94. The van der Waals surface area contributed by atoms with Gasteiger partial charge in [0.05, 0.1) is 18.7 Å². The van der Waals surface area contributed by atoms with Gasteiger partial charge in [0, 0.05) is 23.5 Å². The number of fused-ring (bicyclic) bond motifs is 1. The smallest absolute Gasteiger partial charge is 0.328 e. The van der Waals surface area contributed by atoms with E-state index >= 15 is 0 Å². The second-order valence-corrected chi connectivity index (χ2v) is 8.24. The van der Waals surface area contributed by atoms with Crippen molar-refractivity contribution in [1.29, 1.82) is 0 Å². The molecule has 4 unspecified atom stereocenters. The van der Waals surface area contributed by atoms with Crippen molar-refractivity contribution in [3.63, 3.8) is 0 Å². The summed E-state index contributed by atoms with van der Waals surface area (Å²) in [6.07, 6.45) is 0.555. The maximum Gasteiger partial charge on any atom is 0.328 e. The summed E-state index contributed by atoms with van der Waals surface area (Å²) in [5.41, 5.74) is 7.57. The standard InChI is InChI=1S/C22H31N5O6/c1-11(2)18(23)21(31)26-16(8-13-9-24-15-7-5-4-6-14(13)15)20(30)25-10-17(29)27-19(12(3)28)22(32)33/h4-7,9,11-12,16,18-19,24,28H,8,10,23H2,1-3H3,(H,25,30)(H,26,31)(H,27,29)(H,32,33). The fourth-order valence-corrected chi connectivity index (χ4v) is 3.20. The molecule has 1 aromatic heterocycles. The quantitative estimate of drug-likeness (QED) is 0.229. The van der Waals surface area contributed by atoms with Crippen molar-refractivity contribution in [2.75, 3.05) is 6.54 Å². The van der Waals surface area contributed by atoms with Gasteiger partial charge in [0.25, 0.3) is 0 Å². The zero-order valence-electron chi connectivity index (χ0n) is 18.8. The van der Waals surface area contributed by atoms with Crippen molar-refractivity contribution in [1.82, 2.24) is 20.9 Å². The Morgan fingerprint density at radius 3 is 2.33 bits per heavy atom. The monoisotopic (exact) mass is 461 g/mol. The van der Waals surface area contributed by atoms with Gasteiger partial charge < -0.3 is 36.9 Å². The number of carboxylic acids is 1. The SMILES string of the molecule is CC(C)C(N)C(=O)NC(Cc1c[nH]c2ccccc12)C(=O)NCC(=O)NC(C(=O)O)C(C)O. The first-order valence-corrected chi connectivity index (χ1v) is 10.6. The number of rotatable bonds is 11. The van der Waals surface area contributed by atoms with E-state index in [2.05, 4.69) is 20.9 Å². The number of carboxylic acid groups (broad SMARTS) is 1. The summed E-state index contributed by atoms with van der Waals surface area (Å²) >= 11 is 0. The lowest BCUT2D eigenvalue weighted by Gasteiger charge is -2.22. The van der Waals surface area contributed by atoms with Gasteiger partial charge in [0.1, 0.15) is 6.04 Å². The Labute approximate surface area is 191 Å². The Balaban J connectivity index is 2.13. The lowest BCUT2D eigenvalue weighted by atomic mass is 10.0. The molecule has 180 valence electrons. The van der Waals surface area contributed by atoms with Crippen LogP contribution in [0, 0.1) is 5.92 Å². The van der Waals surface area contributed by atoms with Crippen molar-refractivity contribution in [3.8, 4) is 0 Å². The van der Waals surface area contributed by atoms with Crippen LogP contribution in [0.5, 0.6) is 0 Å². The molecule has 0 aliphatic rings. The number of H-pyrrole nitrogens is 1. The summed E-state index contributed by atoms with van der Waals surface area (Å²) in [6, 6.07) is 4.12. The van der Waals surface area contributed by atoms with Gasteiger partial charge in [0.2, 0.25) is 17.7 Å². The molecule has 0 aliphatic carbocycles. The van der Waals surface area contributed by atoms with Crippen molar-refractivity contribution >= 4 is 34.6 Å². The number of amides is 3. The van der Waals surface area contributed by atoms with Crippen LogP contribution >= 0.6 is 0 Å². The molecule has 4 atom stereocenters. The number of carbonyl (C=O) groups excluding carboxylic acids is 3. The lowest BCUT2D eigenvalue weighted by Crippen LogP contribution is -2.55. The summed E-state index contributed by atoms with van der Waals surface area (Å²) in [7, 11) is 0. The number of aromatic amines is 1. The van der Waals surface area contributed by atoms with Crippen LogP contribution < -0.4 is 21.7 Å². The van der Waals surface area contributed by atoms with E-state index in [1.165, 1.54) is 6.92 Å². The minimum Gasteiger partial charge on any atom is -0.480 e. The number of carbonyl (C=O) groups is 4. The van der Waals surface area contributed by atoms with Gasteiger partial charge in [-0.05, 0) is 24.5 Å². The van der Waals surface area contributed by atoms with Crippen LogP contribution in [-0.4, -0.2) is 69.7 Å². The van der Waals surface area contributed by atoms with E-state index in [1.807, 2.05) is 24.3 Å². The number of nitrogens with two attached hydrogens (primary N) is 1. The molecule has 8 N–H and O–H groups in total. The van der Waals surface area contributed by atoms with E-state index in [0.717, 1.165) is 16.5 Å². The average molecular weight is 462 g/mol. The summed E-state index contributed by atoms with van der Waals surface area (Å²) in [6.45, 7) is 4.25. The van der Waals surface area contributed by atoms with Gasteiger partial charge in [-0.1, -0.05) is 32.0 Å². The third-order valence-electron chi connectivity index (χ3n) is 5.24. The van der Waals surface area contributed by atoms with E-state index in [-0.39, 0.29) is 12.3 Å². The summed E-state index contributed by atoms with van der Waals surface area (Å²) in [4.78, 5) is 51.7. The first-order valence-electron chi connectivity index (χ1n) is 10.6. The Morgan fingerprint density at radius 2 is 1.73 bits per heavy atom. The predicted octanol–water partition coefficient (Wildman–Crippen LogP) is -0.755. The van der Waals surface area contributed by atoms with Crippen LogP contribution in [0.3, 0.4) is 0 Å². The first kappa shape index (κ1) is 25.8. The molecule has 0 radical (unpaired) electrons. The Hall–Kier alpha value is -3.44. The fourth-order valence-electron chi connectivity index (χ4n) is 3.20. The fraction of sp³-hybridized carbons (Fsp3) is 0.455. The summed E-state index contributed by atoms with van der Waals surface area (Å²) in [5, 5.41) is 26.6. The number of aromatic nitrogens is 1. The molecule has 0 fully saturated rings. The highest BCUT2D eigenvalue weighted by molar-refractivity contribution is 5.93. The number of aliphatic hydroxyl groups is 1. The highest BCUT2D eigenvalue weighted by Gasteiger charge is 2.28. The average Bonchev–Trinajstić information content (AvgIpc) is 3.17. The molecular weight excluding hydrogens is 430 g/mol. The molecule has 2 rings (SSSR count). The molecule has 2 aromatic rings. The van der Waals surface area contributed by atoms with Crippen molar-refractivity contribution in [2.45, 2.75) is 51.4 Å². The highest BCUT2D eigenvalue weighted by atomic mass is 16.4. The maximum atomic E-state index is 12.9. The van der Waals surface area contributed by atoms with Gasteiger partial charge in [-0.3, -0.25) is 14.4 Å². The molecule has 1 heterocycles. The van der Waals surface area contributed by atoms with Crippen LogP contribution in [0.4, 0.5) is 0 Å². The van der Waals surface area contributed by atoms with Crippen molar-refractivity contribution in [2.24, 2.45) is 11.7 Å². The number of hydrogen-bond acceptors (Lipinski definition) is 6. The molecular formula is C22H31N5O6. The number of benzene rings is 1. The molecule has 3 amide bonds. The van der Waals surface area contributed by atoms with Gasteiger partial charge >= 0.3 is 5.97 Å². The van der Waals surface area contributed by atoms with Crippen molar-refractivity contribution in [3.05, 3.63) is 36.0 Å². The minimum atomic E-state index is -1.51. The van der Waals surface area contributed by atoms with Crippen LogP contribution in [0.15, 0.2) is 30.5 Å². The Bertz CT molecular complexity index is 1000. The zero-order valence-corrected chi connectivity index (χ0v) is 18.8. The Morgan fingerprint density at radius 1 is 1.06 bits per heavy atom. The van der Waals surface area contributed by atoms with E-state index < -0.39 is 54.5 Å². The van der Waals surface area contributed by atoms with E-state index in [4.69, 9.17) is 10.8 Å². The largest absolute Gasteiger partial charge is 0.480 e. The molecule has 0 aliphatic heterocycles. The normalized spacial score (nSPS) is 14.8. The molecule has 11 nitrogen and oxygen atoms in total. The molecule has 0 bridgehead atoms. The molecule has 33 heavy (non-hydrogen) atoms. The second-order valence-electron chi connectivity index (χ2n) is 8.24. The number of aliphatic hydroxyl groups excluding tert-OH is 1. The third-order valence-corrected chi connectivity index (χ3v) is 5.24. The lowest BCUT2D eigenvalue weighted by molar-refractivity contribution is -0.144. The van der Waals surface area contributed by atoms with Crippen LogP contribution in [0.1, 0.15) is 26.3 Å². The minimum absolute atomic E-state index is 0.138. The first-order chi connectivity index (χ1) is 15.5.